The van der Waals surface area contributed by atoms with Crippen molar-refractivity contribution in [1.82, 2.24) is 0 Å². The molecule has 0 bridgehead atoms. The number of halogens is 1. The first-order chi connectivity index (χ1) is 10.2. The topological polar surface area (TPSA) is 29.1 Å². The number of nitrogens with one attached hydrogen (secondary N) is 1. The number of benzene rings is 2. The van der Waals surface area contributed by atoms with E-state index in [9.17, 15) is 4.79 Å². The molecule has 106 valence electrons. The standard InChI is InChI=1S/C18H16BrNO/c19-14-6-2-5-13(7-14)15-10-18(21)20-17-9-12-4-1-3-11(12)8-16(15)17/h2,5-9,15H,1,3-4,10H2,(H,20,21). The average molecular weight is 342 g/mol. The molecule has 1 aliphatic heterocycles. The lowest BCUT2D eigenvalue weighted by Crippen LogP contribution is -2.23. The van der Waals surface area contributed by atoms with Gasteiger partial charge in [0.1, 0.15) is 0 Å². The zero-order valence-corrected chi connectivity index (χ0v) is 13.2. The van der Waals surface area contributed by atoms with E-state index in [0.29, 0.717) is 6.42 Å². The third-order valence-electron chi connectivity index (χ3n) is 4.55. The SMILES string of the molecule is O=C1CC(c2cccc(Br)c2)c2cc3c(cc2N1)CCC3. The van der Waals surface area contributed by atoms with Gasteiger partial charge in [0, 0.05) is 22.5 Å². The van der Waals surface area contributed by atoms with Crippen molar-refractivity contribution in [2.24, 2.45) is 0 Å². The number of anilines is 1. The monoisotopic (exact) mass is 341 g/mol. The van der Waals surface area contributed by atoms with Crippen LogP contribution in [-0.4, -0.2) is 5.91 Å². The number of hydrogen-bond acceptors (Lipinski definition) is 1. The van der Waals surface area contributed by atoms with E-state index in [1.165, 1.54) is 35.1 Å². The molecule has 2 aliphatic rings. The predicted octanol–water partition coefficient (Wildman–Crippen LogP) is 4.41. The Balaban J connectivity index is 1.85. The molecule has 0 fully saturated rings. The van der Waals surface area contributed by atoms with Gasteiger partial charge in [0.05, 0.1) is 0 Å². The molecule has 2 aromatic rings. The predicted molar refractivity (Wildman–Crippen MR) is 87.7 cm³/mol. The molecule has 3 heteroatoms. The summed E-state index contributed by atoms with van der Waals surface area (Å²) in [6.07, 6.45) is 4.07. The lowest BCUT2D eigenvalue weighted by Gasteiger charge is -2.27. The Morgan fingerprint density at radius 1 is 1.10 bits per heavy atom. The molecule has 0 radical (unpaired) electrons. The molecule has 1 atom stereocenters. The van der Waals surface area contributed by atoms with Gasteiger partial charge >= 0.3 is 0 Å². The zero-order valence-electron chi connectivity index (χ0n) is 11.7. The second-order valence-electron chi connectivity index (χ2n) is 5.92. The van der Waals surface area contributed by atoms with Crippen molar-refractivity contribution in [3.63, 3.8) is 0 Å². The number of fused-ring (bicyclic) bond motifs is 2. The zero-order chi connectivity index (χ0) is 14.4. The quantitative estimate of drug-likeness (QED) is 0.817. The Morgan fingerprint density at radius 3 is 2.71 bits per heavy atom. The highest BCUT2D eigenvalue weighted by atomic mass is 79.9. The summed E-state index contributed by atoms with van der Waals surface area (Å²) in [5.74, 6) is 0.280. The fraction of sp³-hybridized carbons (Fsp3) is 0.278. The molecule has 1 amide bonds. The van der Waals surface area contributed by atoms with Crippen LogP contribution in [0.5, 0.6) is 0 Å². The smallest absolute Gasteiger partial charge is 0.225 e. The van der Waals surface area contributed by atoms with Gasteiger partial charge in [-0.25, -0.2) is 0 Å². The minimum atomic E-state index is 0.116. The van der Waals surface area contributed by atoms with Crippen molar-refractivity contribution in [3.8, 4) is 0 Å². The molecule has 0 saturated carbocycles. The normalized spacial score (nSPS) is 19.9. The van der Waals surface area contributed by atoms with Crippen molar-refractivity contribution >= 4 is 27.5 Å². The molecule has 2 aromatic carbocycles. The summed E-state index contributed by atoms with van der Waals surface area (Å²) in [4.78, 5) is 12.1. The van der Waals surface area contributed by atoms with E-state index in [4.69, 9.17) is 0 Å². The van der Waals surface area contributed by atoms with E-state index in [-0.39, 0.29) is 11.8 Å². The van der Waals surface area contributed by atoms with Crippen molar-refractivity contribution in [3.05, 3.63) is 63.1 Å². The summed E-state index contributed by atoms with van der Waals surface area (Å²) in [7, 11) is 0. The van der Waals surface area contributed by atoms with E-state index >= 15 is 0 Å². The van der Waals surface area contributed by atoms with Gasteiger partial charge in [-0.2, -0.15) is 0 Å². The average Bonchev–Trinajstić information content (AvgIpc) is 2.91. The number of aryl methyl sites for hydroxylation is 2. The third-order valence-corrected chi connectivity index (χ3v) is 5.05. The van der Waals surface area contributed by atoms with Gasteiger partial charge in [0.2, 0.25) is 5.91 Å². The summed E-state index contributed by atoms with van der Waals surface area (Å²) in [6, 6.07) is 12.8. The maximum absolute atomic E-state index is 12.1. The molecule has 0 spiro atoms. The summed E-state index contributed by atoms with van der Waals surface area (Å²) >= 11 is 3.53. The molecule has 0 aromatic heterocycles. The molecule has 2 nitrogen and oxygen atoms in total. The van der Waals surface area contributed by atoms with Crippen molar-refractivity contribution in [1.29, 1.82) is 0 Å². The Bertz CT molecular complexity index is 738. The molecular weight excluding hydrogens is 326 g/mol. The van der Waals surface area contributed by atoms with Crippen LogP contribution in [-0.2, 0) is 17.6 Å². The van der Waals surface area contributed by atoms with Gasteiger partial charge < -0.3 is 5.32 Å². The number of carbonyl (C=O) groups excluding carboxylic acids is 1. The van der Waals surface area contributed by atoms with E-state index in [2.05, 4.69) is 45.5 Å². The minimum absolute atomic E-state index is 0.116. The van der Waals surface area contributed by atoms with Gasteiger partial charge in [-0.3, -0.25) is 4.79 Å². The molecular formula is C18H16BrNO. The second-order valence-corrected chi connectivity index (χ2v) is 6.84. The van der Waals surface area contributed by atoms with Crippen LogP contribution in [0.3, 0.4) is 0 Å². The Labute approximate surface area is 132 Å². The number of carbonyl (C=O) groups is 1. The number of amides is 1. The number of hydrogen-bond donors (Lipinski definition) is 1. The number of rotatable bonds is 1. The van der Waals surface area contributed by atoms with Crippen molar-refractivity contribution < 1.29 is 4.79 Å². The highest BCUT2D eigenvalue weighted by Crippen LogP contribution is 2.40. The van der Waals surface area contributed by atoms with Crippen molar-refractivity contribution in [2.75, 3.05) is 5.32 Å². The third kappa shape index (κ3) is 2.30. The Morgan fingerprint density at radius 2 is 1.90 bits per heavy atom. The first-order valence-electron chi connectivity index (χ1n) is 7.42. The molecule has 0 saturated heterocycles. The summed E-state index contributed by atoms with van der Waals surface area (Å²) in [6.45, 7) is 0. The van der Waals surface area contributed by atoms with Crippen LogP contribution in [0, 0.1) is 0 Å². The summed E-state index contributed by atoms with van der Waals surface area (Å²) in [5.41, 5.74) is 6.36. The maximum Gasteiger partial charge on any atom is 0.225 e. The molecule has 21 heavy (non-hydrogen) atoms. The van der Waals surface area contributed by atoms with E-state index < -0.39 is 0 Å². The first-order valence-corrected chi connectivity index (χ1v) is 8.21. The first kappa shape index (κ1) is 13.1. The molecule has 1 unspecified atom stereocenters. The Kier molecular flexibility index (Phi) is 3.11. The van der Waals surface area contributed by atoms with Gasteiger partial charge in [-0.15, -0.1) is 0 Å². The summed E-state index contributed by atoms with van der Waals surface area (Å²) in [5, 5.41) is 3.05. The van der Waals surface area contributed by atoms with E-state index in [0.717, 1.165) is 16.6 Å². The van der Waals surface area contributed by atoms with Crippen LogP contribution in [0.15, 0.2) is 40.9 Å². The van der Waals surface area contributed by atoms with Gasteiger partial charge in [-0.1, -0.05) is 34.1 Å². The highest BCUT2D eigenvalue weighted by Gasteiger charge is 2.28. The fourth-order valence-electron chi connectivity index (χ4n) is 3.56. The largest absolute Gasteiger partial charge is 0.326 e. The van der Waals surface area contributed by atoms with Gasteiger partial charge in [0.25, 0.3) is 0 Å². The minimum Gasteiger partial charge on any atom is -0.326 e. The van der Waals surface area contributed by atoms with E-state index in [1.807, 2.05) is 12.1 Å². The van der Waals surface area contributed by atoms with Crippen LogP contribution in [0.1, 0.15) is 41.0 Å². The van der Waals surface area contributed by atoms with Crippen molar-refractivity contribution in [2.45, 2.75) is 31.6 Å². The van der Waals surface area contributed by atoms with Gasteiger partial charge in [-0.05, 0) is 59.7 Å². The molecule has 1 heterocycles. The Hall–Kier alpha value is -1.61. The lowest BCUT2D eigenvalue weighted by atomic mass is 9.83. The molecule has 4 rings (SSSR count). The maximum atomic E-state index is 12.1. The second kappa shape index (κ2) is 4.99. The van der Waals surface area contributed by atoms with Gasteiger partial charge in [0.15, 0.2) is 0 Å². The summed E-state index contributed by atoms with van der Waals surface area (Å²) < 4.78 is 1.06. The van der Waals surface area contributed by atoms with Crippen LogP contribution >= 0.6 is 15.9 Å². The van der Waals surface area contributed by atoms with Crippen LogP contribution < -0.4 is 5.32 Å². The highest BCUT2D eigenvalue weighted by molar-refractivity contribution is 9.10. The van der Waals surface area contributed by atoms with Crippen LogP contribution in [0.4, 0.5) is 5.69 Å². The van der Waals surface area contributed by atoms with E-state index in [1.54, 1.807) is 0 Å². The fourth-order valence-corrected chi connectivity index (χ4v) is 3.97. The van der Waals surface area contributed by atoms with Crippen LogP contribution in [0.2, 0.25) is 0 Å². The molecule has 1 aliphatic carbocycles. The molecule has 1 N–H and O–H groups in total. The lowest BCUT2D eigenvalue weighted by molar-refractivity contribution is -0.116. The van der Waals surface area contributed by atoms with Crippen LogP contribution in [0.25, 0.3) is 0 Å².